The van der Waals surface area contributed by atoms with Gasteiger partial charge in [0.05, 0.1) is 4.34 Å². The lowest BCUT2D eigenvalue weighted by molar-refractivity contribution is 0.670. The molecule has 90 valence electrons. The maximum atomic E-state index is 6.15. The first-order valence-corrected chi connectivity index (χ1v) is 7.36. The van der Waals surface area contributed by atoms with Crippen LogP contribution in [0.1, 0.15) is 10.4 Å². The van der Waals surface area contributed by atoms with Crippen molar-refractivity contribution in [3.05, 3.63) is 55.6 Å². The van der Waals surface area contributed by atoms with Crippen LogP contribution in [0, 0.1) is 0 Å². The van der Waals surface area contributed by atoms with Crippen molar-refractivity contribution in [2.75, 3.05) is 0 Å². The second-order valence-electron chi connectivity index (χ2n) is 4.00. The van der Waals surface area contributed by atoms with Crippen LogP contribution in [0.25, 0.3) is 0 Å². The Balaban J connectivity index is 1.95. The minimum absolute atomic E-state index is 0.138. The number of benzene rings is 1. The molecule has 1 nitrogen and oxygen atoms in total. The van der Waals surface area contributed by atoms with Crippen molar-refractivity contribution in [1.82, 2.24) is 0 Å². The first kappa shape index (κ1) is 13.1. The Morgan fingerprint density at radius 1 is 1.24 bits per heavy atom. The van der Waals surface area contributed by atoms with E-state index in [2.05, 4.69) is 28.1 Å². The Bertz CT molecular complexity index is 498. The van der Waals surface area contributed by atoms with Crippen LogP contribution < -0.4 is 5.73 Å². The molecule has 0 fully saturated rings. The van der Waals surface area contributed by atoms with E-state index in [0.717, 1.165) is 21.7 Å². The highest BCUT2D eigenvalue weighted by molar-refractivity contribution is 9.10. The third-order valence-corrected chi connectivity index (χ3v) is 4.23. The Kier molecular flexibility index (Phi) is 4.62. The minimum Gasteiger partial charge on any atom is -0.327 e. The molecule has 0 bridgehead atoms. The van der Waals surface area contributed by atoms with Crippen LogP contribution in [0.3, 0.4) is 0 Å². The van der Waals surface area contributed by atoms with Gasteiger partial charge in [-0.15, -0.1) is 11.3 Å². The highest BCUT2D eigenvalue weighted by Gasteiger charge is 2.07. The van der Waals surface area contributed by atoms with Gasteiger partial charge in [0.15, 0.2) is 0 Å². The lowest BCUT2D eigenvalue weighted by atomic mass is 10.0. The smallest absolute Gasteiger partial charge is 0.0931 e. The van der Waals surface area contributed by atoms with Crippen LogP contribution in [0.15, 0.2) is 40.9 Å². The van der Waals surface area contributed by atoms with Crippen molar-refractivity contribution in [2.24, 2.45) is 5.73 Å². The monoisotopic (exact) mass is 329 g/mol. The fourth-order valence-electron chi connectivity index (χ4n) is 1.76. The molecular formula is C13H13BrClNS. The van der Waals surface area contributed by atoms with Crippen LogP contribution in [-0.4, -0.2) is 6.04 Å². The normalized spacial score (nSPS) is 12.6. The van der Waals surface area contributed by atoms with Crippen molar-refractivity contribution in [1.29, 1.82) is 0 Å². The SMILES string of the molecule is NC(Cc1cccc(Br)c1)Cc1ccc(Cl)s1. The number of thiophene rings is 1. The zero-order valence-electron chi connectivity index (χ0n) is 9.20. The third-order valence-electron chi connectivity index (χ3n) is 2.48. The number of hydrogen-bond donors (Lipinski definition) is 1. The second kappa shape index (κ2) is 6.01. The lowest BCUT2D eigenvalue weighted by Gasteiger charge is -2.10. The van der Waals surface area contributed by atoms with Crippen LogP contribution in [-0.2, 0) is 12.8 Å². The third kappa shape index (κ3) is 4.11. The number of hydrogen-bond acceptors (Lipinski definition) is 2. The van der Waals surface area contributed by atoms with E-state index >= 15 is 0 Å². The van der Waals surface area contributed by atoms with E-state index in [0.29, 0.717) is 0 Å². The largest absolute Gasteiger partial charge is 0.327 e. The van der Waals surface area contributed by atoms with Gasteiger partial charge in [-0.1, -0.05) is 39.7 Å². The molecule has 4 heteroatoms. The number of rotatable bonds is 4. The molecule has 17 heavy (non-hydrogen) atoms. The molecule has 1 unspecified atom stereocenters. The highest BCUT2D eigenvalue weighted by atomic mass is 79.9. The van der Waals surface area contributed by atoms with Gasteiger partial charge in [0.1, 0.15) is 0 Å². The van der Waals surface area contributed by atoms with E-state index < -0.39 is 0 Å². The second-order valence-corrected chi connectivity index (χ2v) is 6.72. The maximum Gasteiger partial charge on any atom is 0.0931 e. The van der Waals surface area contributed by atoms with Gasteiger partial charge in [-0.2, -0.15) is 0 Å². The molecule has 1 aromatic carbocycles. The molecule has 0 saturated heterocycles. The standard InChI is InChI=1S/C13H13BrClNS/c14-10-3-1-2-9(6-10)7-11(16)8-12-4-5-13(15)17-12/h1-6,11H,7-8,16H2. The number of nitrogens with two attached hydrogens (primary N) is 1. The summed E-state index contributed by atoms with van der Waals surface area (Å²) in [6, 6.07) is 12.4. The van der Waals surface area contributed by atoms with Crippen LogP contribution in [0.5, 0.6) is 0 Å². The van der Waals surface area contributed by atoms with Crippen molar-refractivity contribution >= 4 is 38.9 Å². The first-order chi connectivity index (χ1) is 8.13. The summed E-state index contributed by atoms with van der Waals surface area (Å²) in [4.78, 5) is 1.25. The van der Waals surface area contributed by atoms with Crippen molar-refractivity contribution < 1.29 is 0 Å². The summed E-state index contributed by atoms with van der Waals surface area (Å²) in [6.45, 7) is 0. The molecular weight excluding hydrogens is 318 g/mol. The molecule has 0 aliphatic carbocycles. The molecule has 1 atom stereocenters. The fourth-order valence-corrected chi connectivity index (χ4v) is 3.39. The molecule has 0 saturated carbocycles. The molecule has 1 heterocycles. The molecule has 0 aliphatic rings. The molecule has 1 aromatic heterocycles. The van der Waals surface area contributed by atoms with Gasteiger partial charge in [-0.3, -0.25) is 0 Å². The van der Waals surface area contributed by atoms with E-state index in [1.165, 1.54) is 10.4 Å². The Hall–Kier alpha value is -0.350. The fraction of sp³-hybridized carbons (Fsp3) is 0.231. The Morgan fingerprint density at radius 2 is 2.06 bits per heavy atom. The summed E-state index contributed by atoms with van der Waals surface area (Å²) < 4.78 is 1.93. The predicted octanol–water partition coefficient (Wildman–Crippen LogP) is 4.28. The summed E-state index contributed by atoms with van der Waals surface area (Å²) in [5.41, 5.74) is 7.40. The van der Waals surface area contributed by atoms with Gasteiger partial charge in [-0.05, 0) is 42.7 Å². The predicted molar refractivity (Wildman–Crippen MR) is 78.9 cm³/mol. The molecule has 0 aliphatic heterocycles. The van der Waals surface area contributed by atoms with E-state index in [1.54, 1.807) is 11.3 Å². The van der Waals surface area contributed by atoms with E-state index in [9.17, 15) is 0 Å². The van der Waals surface area contributed by atoms with Gasteiger partial charge in [-0.25, -0.2) is 0 Å². The van der Waals surface area contributed by atoms with Crippen LogP contribution in [0.4, 0.5) is 0 Å². The molecule has 2 rings (SSSR count). The topological polar surface area (TPSA) is 26.0 Å². The van der Waals surface area contributed by atoms with E-state index in [1.807, 2.05) is 24.3 Å². The summed E-state index contributed by atoms with van der Waals surface area (Å²) in [5.74, 6) is 0. The number of halogens is 2. The Morgan fingerprint density at radius 3 is 2.71 bits per heavy atom. The lowest BCUT2D eigenvalue weighted by Crippen LogP contribution is -2.25. The zero-order valence-corrected chi connectivity index (χ0v) is 12.4. The molecule has 2 aromatic rings. The average Bonchev–Trinajstić information content (AvgIpc) is 2.63. The van der Waals surface area contributed by atoms with Crippen LogP contribution >= 0.6 is 38.9 Å². The van der Waals surface area contributed by atoms with Crippen molar-refractivity contribution in [3.8, 4) is 0 Å². The van der Waals surface area contributed by atoms with Crippen molar-refractivity contribution in [2.45, 2.75) is 18.9 Å². The highest BCUT2D eigenvalue weighted by Crippen LogP contribution is 2.23. The van der Waals surface area contributed by atoms with E-state index in [4.69, 9.17) is 17.3 Å². The average molecular weight is 331 g/mol. The molecule has 0 radical (unpaired) electrons. The summed E-state index contributed by atoms with van der Waals surface area (Å²) >= 11 is 11.0. The first-order valence-electron chi connectivity index (χ1n) is 5.38. The van der Waals surface area contributed by atoms with Crippen molar-refractivity contribution in [3.63, 3.8) is 0 Å². The van der Waals surface area contributed by atoms with Gasteiger partial charge >= 0.3 is 0 Å². The van der Waals surface area contributed by atoms with Gasteiger partial charge < -0.3 is 5.73 Å². The zero-order chi connectivity index (χ0) is 12.3. The molecule has 0 spiro atoms. The van der Waals surface area contributed by atoms with Gasteiger partial charge in [0.25, 0.3) is 0 Å². The minimum atomic E-state index is 0.138. The summed E-state index contributed by atoms with van der Waals surface area (Å²) in [6.07, 6.45) is 1.76. The molecule has 2 N–H and O–H groups in total. The maximum absolute atomic E-state index is 6.15. The Labute approximate surface area is 119 Å². The quantitative estimate of drug-likeness (QED) is 0.890. The van der Waals surface area contributed by atoms with Crippen LogP contribution in [0.2, 0.25) is 4.34 Å². The van der Waals surface area contributed by atoms with Gasteiger partial charge in [0.2, 0.25) is 0 Å². The summed E-state index contributed by atoms with van der Waals surface area (Å²) in [7, 11) is 0. The van der Waals surface area contributed by atoms with E-state index in [-0.39, 0.29) is 6.04 Å². The molecule has 0 amide bonds. The summed E-state index contributed by atoms with van der Waals surface area (Å²) in [5, 5.41) is 0. The van der Waals surface area contributed by atoms with Gasteiger partial charge in [0, 0.05) is 15.4 Å².